The molecule has 26 heavy (non-hydrogen) atoms. The molecule has 1 aromatic rings. The van der Waals surface area contributed by atoms with Gasteiger partial charge in [0.2, 0.25) is 11.8 Å². The number of amides is 2. The van der Waals surface area contributed by atoms with Gasteiger partial charge < -0.3 is 15.3 Å². The van der Waals surface area contributed by atoms with Crippen molar-refractivity contribution in [2.45, 2.75) is 24.8 Å². The molecule has 2 saturated heterocycles. The number of carboxylic acids is 1. The molecule has 1 aromatic carbocycles. The molecule has 2 fully saturated rings. The van der Waals surface area contributed by atoms with Crippen molar-refractivity contribution < 1.29 is 28.3 Å². The number of carbonyl (C=O) groups excluding carboxylic acids is 2. The van der Waals surface area contributed by atoms with Gasteiger partial charge in [0.1, 0.15) is 17.2 Å². The molecule has 2 aliphatic heterocycles. The summed E-state index contributed by atoms with van der Waals surface area (Å²) in [5.74, 6) is -3.24. The van der Waals surface area contributed by atoms with Gasteiger partial charge in [0.05, 0.1) is 11.6 Å². The molecule has 0 saturated carbocycles. The predicted octanol–water partition coefficient (Wildman–Crippen LogP) is 1.78. The first-order valence-electron chi connectivity index (χ1n) is 8.21. The predicted molar refractivity (Wildman–Crippen MR) is 91.9 cm³/mol. The molecule has 0 aromatic heterocycles. The van der Waals surface area contributed by atoms with Crippen molar-refractivity contribution in [2.24, 2.45) is 5.92 Å². The SMILES string of the molecule is O=C(NC1(C(=O)O)CCSCC1)C1CC(=O)N(c2ccc(F)cc2F)C1. The van der Waals surface area contributed by atoms with Crippen LogP contribution in [0.2, 0.25) is 0 Å². The Bertz CT molecular complexity index is 752. The van der Waals surface area contributed by atoms with Crippen molar-refractivity contribution >= 4 is 35.2 Å². The molecule has 2 aliphatic rings. The second-order valence-corrected chi connectivity index (χ2v) is 7.71. The van der Waals surface area contributed by atoms with Gasteiger partial charge in [-0.05, 0) is 36.5 Å². The van der Waals surface area contributed by atoms with Crippen molar-refractivity contribution in [3.05, 3.63) is 29.8 Å². The van der Waals surface area contributed by atoms with Crippen molar-refractivity contribution in [3.8, 4) is 0 Å². The molecule has 6 nitrogen and oxygen atoms in total. The van der Waals surface area contributed by atoms with Gasteiger partial charge >= 0.3 is 5.97 Å². The maximum Gasteiger partial charge on any atom is 0.329 e. The van der Waals surface area contributed by atoms with E-state index in [0.29, 0.717) is 30.4 Å². The molecule has 2 heterocycles. The lowest BCUT2D eigenvalue weighted by atomic mass is 9.91. The number of thioether (sulfide) groups is 1. The Morgan fingerprint density at radius 3 is 2.58 bits per heavy atom. The van der Waals surface area contributed by atoms with Crippen molar-refractivity contribution in [1.29, 1.82) is 0 Å². The second kappa shape index (κ2) is 7.22. The molecule has 9 heteroatoms. The fraction of sp³-hybridized carbons (Fsp3) is 0.471. The van der Waals surface area contributed by atoms with Crippen LogP contribution in [-0.2, 0) is 14.4 Å². The minimum Gasteiger partial charge on any atom is -0.480 e. The number of nitrogens with zero attached hydrogens (tertiary/aromatic N) is 1. The number of hydrogen-bond acceptors (Lipinski definition) is 4. The Morgan fingerprint density at radius 2 is 1.96 bits per heavy atom. The van der Waals surface area contributed by atoms with Crippen LogP contribution in [0.15, 0.2) is 18.2 Å². The quantitative estimate of drug-likeness (QED) is 0.827. The lowest BCUT2D eigenvalue weighted by molar-refractivity contribution is -0.148. The lowest BCUT2D eigenvalue weighted by Crippen LogP contribution is -2.58. The lowest BCUT2D eigenvalue weighted by Gasteiger charge is -2.34. The van der Waals surface area contributed by atoms with E-state index in [9.17, 15) is 28.3 Å². The van der Waals surface area contributed by atoms with Crippen molar-refractivity contribution in [3.63, 3.8) is 0 Å². The number of halogens is 2. The zero-order valence-corrected chi connectivity index (χ0v) is 14.7. The minimum absolute atomic E-state index is 0.0718. The van der Waals surface area contributed by atoms with E-state index < -0.39 is 40.9 Å². The van der Waals surface area contributed by atoms with E-state index in [1.165, 1.54) is 0 Å². The third-order valence-corrected chi connectivity index (χ3v) is 5.80. The standard InChI is InChI=1S/C17H18F2N2O4S/c18-11-1-2-13(12(19)8-11)21-9-10(7-14(21)22)15(23)20-17(16(24)25)3-5-26-6-4-17/h1-2,8,10H,3-7,9H2,(H,20,23)(H,24,25). The van der Waals surface area contributed by atoms with E-state index >= 15 is 0 Å². The van der Waals surface area contributed by atoms with Gasteiger partial charge in [-0.1, -0.05) is 0 Å². The molecular formula is C17H18F2N2O4S. The first-order chi connectivity index (χ1) is 12.3. The summed E-state index contributed by atoms with van der Waals surface area (Å²) in [7, 11) is 0. The van der Waals surface area contributed by atoms with E-state index in [0.717, 1.165) is 17.0 Å². The largest absolute Gasteiger partial charge is 0.480 e. The molecule has 140 valence electrons. The van der Waals surface area contributed by atoms with Gasteiger partial charge in [0.25, 0.3) is 0 Å². The zero-order valence-electron chi connectivity index (χ0n) is 13.8. The summed E-state index contributed by atoms with van der Waals surface area (Å²) >= 11 is 1.63. The number of aliphatic carboxylic acids is 1. The third kappa shape index (κ3) is 3.53. The summed E-state index contributed by atoms with van der Waals surface area (Å²) in [5, 5.41) is 12.1. The first kappa shape index (κ1) is 18.6. The Morgan fingerprint density at radius 1 is 1.27 bits per heavy atom. The Labute approximate surface area is 152 Å². The van der Waals surface area contributed by atoms with E-state index in [-0.39, 0.29) is 18.7 Å². The first-order valence-corrected chi connectivity index (χ1v) is 9.36. The topological polar surface area (TPSA) is 86.7 Å². The third-order valence-electron chi connectivity index (χ3n) is 4.81. The number of nitrogens with one attached hydrogen (secondary N) is 1. The number of anilines is 1. The summed E-state index contributed by atoms with van der Waals surface area (Å²) in [5.41, 5.74) is -1.41. The van der Waals surface area contributed by atoms with E-state index in [1.807, 2.05) is 0 Å². The molecule has 0 radical (unpaired) electrons. The van der Waals surface area contributed by atoms with Gasteiger partial charge in [0.15, 0.2) is 0 Å². The van der Waals surface area contributed by atoms with Crippen LogP contribution in [0.5, 0.6) is 0 Å². The summed E-state index contributed by atoms with van der Waals surface area (Å²) in [6.45, 7) is -0.0718. The summed E-state index contributed by atoms with van der Waals surface area (Å²) in [6.07, 6.45) is 0.485. The number of rotatable bonds is 4. The van der Waals surface area contributed by atoms with Crippen LogP contribution in [0, 0.1) is 17.6 Å². The Kier molecular flexibility index (Phi) is 5.17. The maximum absolute atomic E-state index is 13.9. The maximum atomic E-state index is 13.9. The number of carbonyl (C=O) groups is 3. The average Bonchev–Trinajstić information content (AvgIpc) is 2.97. The number of hydrogen-bond donors (Lipinski definition) is 2. The van der Waals surface area contributed by atoms with E-state index in [4.69, 9.17) is 0 Å². The van der Waals surface area contributed by atoms with Crippen LogP contribution < -0.4 is 10.2 Å². The van der Waals surface area contributed by atoms with Gasteiger partial charge in [-0.15, -0.1) is 0 Å². The van der Waals surface area contributed by atoms with Crippen LogP contribution in [0.25, 0.3) is 0 Å². The van der Waals surface area contributed by atoms with Crippen LogP contribution in [-0.4, -0.2) is 46.5 Å². The van der Waals surface area contributed by atoms with E-state index in [1.54, 1.807) is 11.8 Å². The van der Waals surface area contributed by atoms with Crippen LogP contribution in [0.1, 0.15) is 19.3 Å². The fourth-order valence-corrected chi connectivity index (χ4v) is 4.46. The molecule has 2 amide bonds. The second-order valence-electron chi connectivity index (χ2n) is 6.49. The molecule has 0 bridgehead atoms. The normalized spacial score (nSPS) is 22.3. The van der Waals surface area contributed by atoms with Gasteiger partial charge in [-0.3, -0.25) is 9.59 Å². The molecule has 1 unspecified atom stereocenters. The zero-order chi connectivity index (χ0) is 18.9. The highest BCUT2D eigenvalue weighted by atomic mass is 32.2. The van der Waals surface area contributed by atoms with Crippen LogP contribution in [0.4, 0.5) is 14.5 Å². The molecule has 2 N–H and O–H groups in total. The van der Waals surface area contributed by atoms with E-state index in [2.05, 4.69) is 5.32 Å². The smallest absolute Gasteiger partial charge is 0.329 e. The summed E-state index contributed by atoms with van der Waals surface area (Å²) < 4.78 is 27.0. The van der Waals surface area contributed by atoms with Crippen LogP contribution in [0.3, 0.4) is 0 Å². The molecule has 0 aliphatic carbocycles. The highest BCUT2D eigenvalue weighted by molar-refractivity contribution is 7.99. The van der Waals surface area contributed by atoms with Crippen molar-refractivity contribution in [2.75, 3.05) is 23.0 Å². The summed E-state index contributed by atoms with van der Waals surface area (Å²) in [6, 6.07) is 2.87. The monoisotopic (exact) mass is 384 g/mol. The minimum atomic E-state index is -1.32. The molecule has 3 rings (SSSR count). The molecule has 1 atom stereocenters. The Hall–Kier alpha value is -2.16. The van der Waals surface area contributed by atoms with Crippen molar-refractivity contribution in [1.82, 2.24) is 5.32 Å². The highest BCUT2D eigenvalue weighted by Gasteiger charge is 2.44. The van der Waals surface area contributed by atoms with Gasteiger partial charge in [-0.2, -0.15) is 11.8 Å². The van der Waals surface area contributed by atoms with Gasteiger partial charge in [-0.25, -0.2) is 13.6 Å². The van der Waals surface area contributed by atoms with Gasteiger partial charge in [0, 0.05) is 19.0 Å². The van der Waals surface area contributed by atoms with Crippen LogP contribution >= 0.6 is 11.8 Å². The Balaban J connectivity index is 1.73. The molecule has 0 spiro atoms. The highest BCUT2D eigenvalue weighted by Crippen LogP contribution is 2.31. The summed E-state index contributed by atoms with van der Waals surface area (Å²) in [4.78, 5) is 37.5. The molecular weight excluding hydrogens is 366 g/mol. The number of benzene rings is 1. The fourth-order valence-electron chi connectivity index (χ4n) is 3.27. The number of carboxylic acid groups (broad SMARTS) is 1. The average molecular weight is 384 g/mol.